The second-order valence-electron chi connectivity index (χ2n) is 13.3. The molecule has 0 bridgehead atoms. The van der Waals surface area contributed by atoms with Gasteiger partial charge in [-0.1, -0.05) is 59.7 Å². The summed E-state index contributed by atoms with van der Waals surface area (Å²) in [4.78, 5) is 14.1. The molecule has 1 aliphatic heterocycles. The number of rotatable bonds is 13. The van der Waals surface area contributed by atoms with Gasteiger partial charge in [0.1, 0.15) is 34.7 Å². The minimum Gasteiger partial charge on any atom is -0.508 e. The molecule has 0 spiro atoms. The molecule has 14 heteroatoms. The number of aliphatic hydroxyl groups is 4. The van der Waals surface area contributed by atoms with E-state index in [4.69, 9.17) is 23.4 Å². The third-order valence-corrected chi connectivity index (χ3v) is 9.11. The summed E-state index contributed by atoms with van der Waals surface area (Å²) in [5.41, 5.74) is 2.64. The number of aromatic hydroxyl groups is 4. The highest BCUT2D eigenvalue weighted by Crippen LogP contribution is 2.40. The van der Waals surface area contributed by atoms with Crippen molar-refractivity contribution in [2.75, 3.05) is 0 Å². The van der Waals surface area contributed by atoms with Gasteiger partial charge < -0.3 is 64.2 Å². The van der Waals surface area contributed by atoms with Gasteiger partial charge in [-0.05, 0) is 56.0 Å². The Morgan fingerprint density at radius 3 is 1.85 bits per heavy atom. The average Bonchev–Trinajstić information content (AvgIpc) is 3.13. The Hall–Kier alpha value is -5.19. The Morgan fingerprint density at radius 1 is 0.704 bits per heavy atom. The molecule has 14 nitrogen and oxygen atoms in total. The van der Waals surface area contributed by atoms with E-state index in [2.05, 4.69) is 0 Å². The Morgan fingerprint density at radius 2 is 1.28 bits per heavy atom. The van der Waals surface area contributed by atoms with Crippen LogP contribution in [-0.2, 0) is 27.1 Å². The number of phenols is 4. The number of benzene rings is 4. The zero-order valence-corrected chi connectivity index (χ0v) is 29.4. The third-order valence-electron chi connectivity index (χ3n) is 9.11. The van der Waals surface area contributed by atoms with Gasteiger partial charge in [0.25, 0.3) is 0 Å². The molecule has 1 aliphatic rings. The highest BCUT2D eigenvalue weighted by atomic mass is 16.8. The second-order valence-corrected chi connectivity index (χ2v) is 13.3. The summed E-state index contributed by atoms with van der Waals surface area (Å²) >= 11 is 0. The zero-order valence-electron chi connectivity index (χ0n) is 29.4. The van der Waals surface area contributed by atoms with Crippen LogP contribution in [0.25, 0.3) is 22.3 Å². The Labute approximate surface area is 309 Å². The fraction of sp³-hybridized carbons (Fsp3) is 0.325. The largest absolute Gasteiger partial charge is 0.508 e. The molecule has 5 aromatic rings. The van der Waals surface area contributed by atoms with Crippen LogP contribution in [0.15, 0.2) is 88.1 Å². The molecule has 1 fully saturated rings. The fourth-order valence-corrected chi connectivity index (χ4v) is 6.14. The monoisotopic (exact) mass is 746 g/mol. The summed E-state index contributed by atoms with van der Waals surface area (Å²) in [6.07, 6.45) is -11.2. The topological polar surface area (TPSA) is 229 Å². The number of ether oxygens (including phenoxy) is 4. The molecular weight excluding hydrogens is 704 g/mol. The van der Waals surface area contributed by atoms with Gasteiger partial charge in [0, 0.05) is 30.5 Å². The first-order chi connectivity index (χ1) is 25.8. The number of hydrogen-bond acceptors (Lipinski definition) is 14. The molecule has 4 aromatic carbocycles. The first-order valence-corrected chi connectivity index (χ1v) is 17.3. The van der Waals surface area contributed by atoms with E-state index in [0.29, 0.717) is 12.8 Å². The smallest absolute Gasteiger partial charge is 0.239 e. The molecule has 0 radical (unpaired) electrons. The van der Waals surface area contributed by atoms with Gasteiger partial charge in [-0.3, -0.25) is 4.79 Å². The first-order valence-electron chi connectivity index (χ1n) is 17.3. The molecule has 286 valence electrons. The van der Waals surface area contributed by atoms with E-state index in [1.807, 2.05) is 62.4 Å². The molecule has 54 heavy (non-hydrogen) atoms. The Bertz CT molecular complexity index is 2110. The van der Waals surface area contributed by atoms with Crippen LogP contribution < -0.4 is 10.2 Å². The highest BCUT2D eigenvalue weighted by Gasteiger charge is 2.50. The van der Waals surface area contributed by atoms with E-state index in [-0.39, 0.29) is 29.7 Å². The molecule has 0 saturated carbocycles. The van der Waals surface area contributed by atoms with Gasteiger partial charge in [0.05, 0.1) is 0 Å². The van der Waals surface area contributed by atoms with Gasteiger partial charge in [-0.2, -0.15) is 0 Å². The average molecular weight is 747 g/mol. The summed E-state index contributed by atoms with van der Waals surface area (Å²) in [5, 5.41) is 84.7. The van der Waals surface area contributed by atoms with Crippen LogP contribution in [0.2, 0.25) is 0 Å². The lowest BCUT2D eigenvalue weighted by molar-refractivity contribution is -0.362. The van der Waals surface area contributed by atoms with Crippen molar-refractivity contribution in [1.82, 2.24) is 0 Å². The van der Waals surface area contributed by atoms with Gasteiger partial charge in [-0.15, -0.1) is 0 Å². The molecule has 1 unspecified atom stereocenters. The molecule has 1 saturated heterocycles. The van der Waals surface area contributed by atoms with Crippen molar-refractivity contribution in [3.8, 4) is 40.1 Å². The first kappa shape index (κ1) is 38.5. The van der Waals surface area contributed by atoms with Crippen molar-refractivity contribution < 1.29 is 64.2 Å². The van der Waals surface area contributed by atoms with Crippen molar-refractivity contribution in [3.63, 3.8) is 0 Å². The van der Waals surface area contributed by atoms with Crippen LogP contribution >= 0.6 is 0 Å². The highest BCUT2D eigenvalue weighted by molar-refractivity contribution is 5.88. The normalized spacial score (nSPS) is 21.2. The van der Waals surface area contributed by atoms with Gasteiger partial charge >= 0.3 is 0 Å². The summed E-state index contributed by atoms with van der Waals surface area (Å²) in [6.45, 7) is 3.89. The summed E-state index contributed by atoms with van der Waals surface area (Å²) in [5.74, 6) is -3.19. The fourth-order valence-electron chi connectivity index (χ4n) is 6.14. The molecule has 0 amide bonds. The maximum absolute atomic E-state index is 14.1. The van der Waals surface area contributed by atoms with Crippen LogP contribution in [0.1, 0.15) is 35.1 Å². The summed E-state index contributed by atoms with van der Waals surface area (Å²) in [7, 11) is 0. The number of aryl methyl sites for hydroxylation is 4. The van der Waals surface area contributed by atoms with E-state index in [9.17, 15) is 45.6 Å². The maximum atomic E-state index is 14.1. The summed E-state index contributed by atoms with van der Waals surface area (Å²) in [6, 6.07) is 20.7. The maximum Gasteiger partial charge on any atom is 0.239 e. The zero-order chi connectivity index (χ0) is 38.7. The van der Waals surface area contributed by atoms with Gasteiger partial charge in [0.2, 0.25) is 17.5 Å². The molecule has 2 heterocycles. The van der Waals surface area contributed by atoms with Gasteiger partial charge in [-0.25, -0.2) is 0 Å². The summed E-state index contributed by atoms with van der Waals surface area (Å²) < 4.78 is 29.5. The predicted molar refractivity (Wildman–Crippen MR) is 193 cm³/mol. The van der Waals surface area contributed by atoms with Gasteiger partial charge in [0.15, 0.2) is 42.2 Å². The van der Waals surface area contributed by atoms with Crippen molar-refractivity contribution in [2.45, 2.75) is 83.0 Å². The second kappa shape index (κ2) is 16.4. The lowest BCUT2D eigenvalue weighted by Crippen LogP contribution is -2.62. The third kappa shape index (κ3) is 8.77. The Kier molecular flexibility index (Phi) is 11.7. The van der Waals surface area contributed by atoms with E-state index in [0.717, 1.165) is 46.5 Å². The van der Waals surface area contributed by atoms with Crippen molar-refractivity contribution in [3.05, 3.63) is 111 Å². The predicted octanol–water partition coefficient (Wildman–Crippen LogP) is 3.99. The van der Waals surface area contributed by atoms with Crippen LogP contribution in [0.5, 0.6) is 28.7 Å². The van der Waals surface area contributed by atoms with Crippen molar-refractivity contribution in [1.29, 1.82) is 0 Å². The lowest BCUT2D eigenvalue weighted by atomic mass is 10.0. The number of aliphatic hydroxyl groups excluding tert-OH is 4. The van der Waals surface area contributed by atoms with E-state index in [1.165, 1.54) is 6.07 Å². The lowest BCUT2D eigenvalue weighted by Gasteiger charge is -2.43. The number of hydrogen-bond donors (Lipinski definition) is 8. The molecular formula is C40H42O14. The SMILES string of the molecule is Cc1ccc(CCC(O)O[C@H]2[C@H](Oc3c(-c4ccc(O)c(O)c4)oc4cc(O)cc(O)c4c3=O)O[C@H](O)[C@@H](O)[C@@H]2O[C@@H](O)CCc2ccc(C)cc2)cc1. The van der Waals surface area contributed by atoms with Crippen LogP contribution in [-0.4, -0.2) is 84.3 Å². The number of phenolic OH excluding ortho intramolecular Hbond substituents is 4. The van der Waals surface area contributed by atoms with E-state index >= 15 is 0 Å². The number of fused-ring (bicyclic) bond motifs is 1. The van der Waals surface area contributed by atoms with Crippen LogP contribution in [0.3, 0.4) is 0 Å². The van der Waals surface area contributed by atoms with Crippen molar-refractivity contribution in [2.24, 2.45) is 0 Å². The van der Waals surface area contributed by atoms with E-state index < -0.39 is 83.0 Å². The van der Waals surface area contributed by atoms with Crippen LogP contribution in [0.4, 0.5) is 0 Å². The molecule has 6 rings (SSSR count). The van der Waals surface area contributed by atoms with Crippen molar-refractivity contribution >= 4 is 11.0 Å². The quantitative estimate of drug-likeness (QED) is 0.0630. The minimum absolute atomic E-state index is 0.00606. The standard InChI is InChI=1S/C40H42O14/c1-20-3-7-22(8-4-20)11-15-30(45)51-37-34(48)39(49)54-40(38(37)52-31(46)16-12-23-9-5-21(2)6-10-23)53-36-33(47)32-28(44)18-25(41)19-29(32)50-35(36)24-13-14-26(42)27(43)17-24/h3-10,13-14,17-19,30-31,34,37-46,48-49H,11-12,15-16H2,1-2H3/t30-,31?,34+,37+,38-,39+,40-/m1/s1. The minimum atomic E-state index is -2.02. The van der Waals surface area contributed by atoms with E-state index in [1.54, 1.807) is 0 Å². The molecule has 0 aliphatic carbocycles. The molecule has 7 atom stereocenters. The molecule has 8 N–H and O–H groups in total. The Balaban J connectivity index is 1.36. The van der Waals surface area contributed by atoms with Crippen LogP contribution in [0, 0.1) is 13.8 Å². The molecule has 1 aromatic heterocycles.